The lowest BCUT2D eigenvalue weighted by molar-refractivity contribution is 0.0600. The van der Waals surface area contributed by atoms with Gasteiger partial charge in [-0.3, -0.25) is 9.69 Å². The lowest BCUT2D eigenvalue weighted by atomic mass is 10.0. The summed E-state index contributed by atoms with van der Waals surface area (Å²) in [6, 6.07) is 23.9. The molecule has 4 heteroatoms. The van der Waals surface area contributed by atoms with Gasteiger partial charge in [0.2, 0.25) is 0 Å². The van der Waals surface area contributed by atoms with Gasteiger partial charge in [0.05, 0.1) is 6.04 Å². The van der Waals surface area contributed by atoms with Crippen LogP contribution in [0.4, 0.5) is 5.69 Å². The molecule has 3 aromatic carbocycles. The van der Waals surface area contributed by atoms with E-state index in [9.17, 15) is 4.79 Å². The molecule has 3 aliphatic rings. The fraction of sp³-hybridized carbons (Fsp3) is 0.269. The molecule has 1 fully saturated rings. The van der Waals surface area contributed by atoms with Crippen molar-refractivity contribution in [2.45, 2.75) is 12.5 Å². The zero-order valence-corrected chi connectivity index (χ0v) is 17.0. The zero-order valence-electron chi connectivity index (χ0n) is 17.0. The van der Waals surface area contributed by atoms with Crippen LogP contribution >= 0.6 is 0 Å². The summed E-state index contributed by atoms with van der Waals surface area (Å²) in [5.74, 6) is 0.163. The quantitative estimate of drug-likeness (QED) is 0.707. The van der Waals surface area contributed by atoms with Crippen molar-refractivity contribution in [2.24, 2.45) is 0 Å². The molecule has 0 spiro atoms. The van der Waals surface area contributed by atoms with Crippen LogP contribution in [-0.2, 0) is 6.42 Å². The lowest BCUT2D eigenvalue weighted by Crippen LogP contribution is -2.49. The van der Waals surface area contributed by atoms with E-state index in [1.165, 1.54) is 33.5 Å². The number of nitrogens with zero attached hydrogens (tertiary/aromatic N) is 2. The number of benzene rings is 3. The highest BCUT2D eigenvalue weighted by Crippen LogP contribution is 2.46. The van der Waals surface area contributed by atoms with E-state index in [0.717, 1.165) is 44.7 Å². The standard InChI is InChI=1S/C26H25N3O/c30-26(19-9-10-24-18(17-19)11-12-27-24)29-15-13-28(14-16-29)25-22-7-3-1-5-20(22)21-6-2-4-8-23(21)25/h1-10,17,25,27H,11-16H2. The van der Waals surface area contributed by atoms with E-state index in [-0.39, 0.29) is 5.91 Å². The van der Waals surface area contributed by atoms with E-state index in [0.29, 0.717) is 6.04 Å². The van der Waals surface area contributed by atoms with E-state index >= 15 is 0 Å². The number of rotatable bonds is 2. The van der Waals surface area contributed by atoms with Gasteiger partial charge in [-0.25, -0.2) is 0 Å². The molecule has 0 unspecified atom stereocenters. The third-order valence-electron chi connectivity index (χ3n) is 6.83. The monoisotopic (exact) mass is 395 g/mol. The van der Waals surface area contributed by atoms with Gasteiger partial charge >= 0.3 is 0 Å². The van der Waals surface area contributed by atoms with Crippen LogP contribution in [0, 0.1) is 0 Å². The van der Waals surface area contributed by atoms with Gasteiger partial charge in [0.1, 0.15) is 0 Å². The highest BCUT2D eigenvalue weighted by molar-refractivity contribution is 5.95. The topological polar surface area (TPSA) is 35.6 Å². The molecule has 2 heterocycles. The number of hydrogen-bond donors (Lipinski definition) is 1. The molecular formula is C26H25N3O. The van der Waals surface area contributed by atoms with Crippen molar-refractivity contribution in [1.82, 2.24) is 9.80 Å². The summed E-state index contributed by atoms with van der Waals surface area (Å²) in [5, 5.41) is 3.37. The maximum absolute atomic E-state index is 13.1. The fourth-order valence-corrected chi connectivity index (χ4v) is 5.33. The third kappa shape index (κ3) is 2.75. The number of piperazine rings is 1. The Morgan fingerprint density at radius 2 is 1.50 bits per heavy atom. The zero-order chi connectivity index (χ0) is 20.1. The second kappa shape index (κ2) is 6.99. The summed E-state index contributed by atoms with van der Waals surface area (Å²) in [7, 11) is 0. The lowest BCUT2D eigenvalue weighted by Gasteiger charge is -2.38. The molecule has 3 aromatic rings. The Labute approximate surface area is 177 Å². The van der Waals surface area contributed by atoms with Gasteiger partial charge < -0.3 is 10.2 Å². The average Bonchev–Trinajstić information content (AvgIpc) is 3.41. The predicted octanol–water partition coefficient (Wildman–Crippen LogP) is 4.18. The van der Waals surface area contributed by atoms with Crippen molar-refractivity contribution in [3.63, 3.8) is 0 Å². The van der Waals surface area contributed by atoms with Gasteiger partial charge in [-0.05, 0) is 52.4 Å². The molecule has 0 radical (unpaired) electrons. The van der Waals surface area contributed by atoms with E-state index in [4.69, 9.17) is 0 Å². The van der Waals surface area contributed by atoms with Crippen LogP contribution in [0.1, 0.15) is 33.1 Å². The van der Waals surface area contributed by atoms with Crippen LogP contribution < -0.4 is 5.32 Å². The van der Waals surface area contributed by atoms with Crippen molar-refractivity contribution < 1.29 is 4.79 Å². The molecule has 6 rings (SSSR count). The maximum Gasteiger partial charge on any atom is 0.253 e. The molecule has 0 saturated carbocycles. The SMILES string of the molecule is O=C(c1ccc2c(c1)CCN2)N1CCN(C2c3ccccc3-c3ccccc32)CC1. The van der Waals surface area contributed by atoms with Gasteiger partial charge in [0.25, 0.3) is 5.91 Å². The first-order valence-electron chi connectivity index (χ1n) is 10.9. The maximum atomic E-state index is 13.1. The number of amides is 1. The molecular weight excluding hydrogens is 370 g/mol. The summed E-state index contributed by atoms with van der Waals surface area (Å²) in [6.07, 6.45) is 1.00. The van der Waals surface area contributed by atoms with Crippen LogP contribution in [0.3, 0.4) is 0 Å². The number of fused-ring (bicyclic) bond motifs is 4. The Kier molecular flexibility index (Phi) is 4.13. The van der Waals surface area contributed by atoms with Gasteiger partial charge in [-0.1, -0.05) is 48.5 Å². The Balaban J connectivity index is 1.21. The minimum Gasteiger partial charge on any atom is -0.384 e. The molecule has 4 nitrogen and oxygen atoms in total. The number of nitrogens with one attached hydrogen (secondary N) is 1. The Morgan fingerprint density at radius 3 is 2.20 bits per heavy atom. The number of hydrogen-bond acceptors (Lipinski definition) is 3. The van der Waals surface area contributed by atoms with Gasteiger partial charge in [-0.15, -0.1) is 0 Å². The Hall–Kier alpha value is -3.11. The van der Waals surface area contributed by atoms with Crippen LogP contribution in [0.25, 0.3) is 11.1 Å². The first kappa shape index (κ1) is 17.7. The van der Waals surface area contributed by atoms with Crippen molar-refractivity contribution in [3.05, 3.63) is 89.0 Å². The van der Waals surface area contributed by atoms with E-state index in [1.54, 1.807) is 0 Å². The van der Waals surface area contributed by atoms with Crippen molar-refractivity contribution in [1.29, 1.82) is 0 Å². The van der Waals surface area contributed by atoms with Gasteiger partial charge in [-0.2, -0.15) is 0 Å². The molecule has 1 saturated heterocycles. The van der Waals surface area contributed by atoms with Crippen molar-refractivity contribution >= 4 is 11.6 Å². The molecule has 1 amide bonds. The molecule has 1 N–H and O–H groups in total. The molecule has 150 valence electrons. The van der Waals surface area contributed by atoms with Crippen LogP contribution in [-0.4, -0.2) is 48.4 Å². The number of carbonyl (C=O) groups is 1. The second-order valence-electron chi connectivity index (χ2n) is 8.45. The van der Waals surface area contributed by atoms with E-state index in [2.05, 4.69) is 70.9 Å². The molecule has 0 bridgehead atoms. The molecule has 0 aromatic heterocycles. The van der Waals surface area contributed by atoms with Crippen LogP contribution in [0.15, 0.2) is 66.7 Å². The number of carbonyl (C=O) groups excluding carboxylic acids is 1. The Morgan fingerprint density at radius 1 is 0.833 bits per heavy atom. The minimum atomic E-state index is 0.163. The Bertz CT molecular complexity index is 1090. The van der Waals surface area contributed by atoms with Gasteiger partial charge in [0.15, 0.2) is 0 Å². The third-order valence-corrected chi connectivity index (χ3v) is 6.83. The second-order valence-corrected chi connectivity index (χ2v) is 8.45. The summed E-state index contributed by atoms with van der Waals surface area (Å²) < 4.78 is 0. The van der Waals surface area contributed by atoms with E-state index < -0.39 is 0 Å². The normalized spacial score (nSPS) is 17.9. The summed E-state index contributed by atoms with van der Waals surface area (Å²) in [4.78, 5) is 17.7. The first-order chi connectivity index (χ1) is 14.8. The van der Waals surface area contributed by atoms with Gasteiger partial charge in [0, 0.05) is 44.0 Å². The summed E-state index contributed by atoms with van der Waals surface area (Å²) in [6.45, 7) is 4.30. The predicted molar refractivity (Wildman–Crippen MR) is 120 cm³/mol. The van der Waals surface area contributed by atoms with Crippen LogP contribution in [0.2, 0.25) is 0 Å². The summed E-state index contributed by atoms with van der Waals surface area (Å²) in [5.41, 5.74) is 8.75. The van der Waals surface area contributed by atoms with Crippen molar-refractivity contribution in [2.75, 3.05) is 38.0 Å². The van der Waals surface area contributed by atoms with Crippen LogP contribution in [0.5, 0.6) is 0 Å². The largest absolute Gasteiger partial charge is 0.384 e. The van der Waals surface area contributed by atoms with E-state index in [1.807, 2.05) is 11.0 Å². The molecule has 0 atom stereocenters. The molecule has 2 aliphatic heterocycles. The molecule has 30 heavy (non-hydrogen) atoms. The highest BCUT2D eigenvalue weighted by Gasteiger charge is 2.35. The smallest absolute Gasteiger partial charge is 0.253 e. The summed E-state index contributed by atoms with van der Waals surface area (Å²) >= 11 is 0. The highest BCUT2D eigenvalue weighted by atomic mass is 16.2. The average molecular weight is 396 g/mol. The molecule has 1 aliphatic carbocycles. The van der Waals surface area contributed by atoms with Crippen molar-refractivity contribution in [3.8, 4) is 11.1 Å². The number of anilines is 1. The fourth-order valence-electron chi connectivity index (χ4n) is 5.33. The minimum absolute atomic E-state index is 0.163. The first-order valence-corrected chi connectivity index (χ1v) is 10.9.